The number of ketones is 1. The summed E-state index contributed by atoms with van der Waals surface area (Å²) in [4.78, 5) is 26.9. The standard InChI is InChI=1S/C15H11NO3/c1-8(17)10-6-11-13(7-14(10)18)16-12-5-3-2-4-9(12)15(11)19/h2-7,18H,1H3,(H,16,19). The van der Waals surface area contributed by atoms with E-state index in [0.717, 1.165) is 0 Å². The maximum atomic E-state index is 12.4. The summed E-state index contributed by atoms with van der Waals surface area (Å²) in [5.74, 6) is -0.391. The van der Waals surface area contributed by atoms with Crippen LogP contribution in [0.5, 0.6) is 5.75 Å². The first-order valence-electron chi connectivity index (χ1n) is 5.86. The number of hydrogen-bond acceptors (Lipinski definition) is 3. The number of H-pyrrole nitrogens is 1. The lowest BCUT2D eigenvalue weighted by Gasteiger charge is -2.06. The van der Waals surface area contributed by atoms with Gasteiger partial charge < -0.3 is 10.1 Å². The lowest BCUT2D eigenvalue weighted by molar-refractivity contribution is 0.101. The third-order valence-electron chi connectivity index (χ3n) is 3.20. The van der Waals surface area contributed by atoms with Crippen LogP contribution in [-0.2, 0) is 0 Å². The first-order valence-corrected chi connectivity index (χ1v) is 5.86. The lowest BCUT2D eigenvalue weighted by atomic mass is 10.0. The molecule has 0 unspecified atom stereocenters. The Kier molecular flexibility index (Phi) is 2.38. The topological polar surface area (TPSA) is 70.2 Å². The monoisotopic (exact) mass is 253 g/mol. The zero-order valence-electron chi connectivity index (χ0n) is 10.2. The molecule has 0 atom stereocenters. The fourth-order valence-corrected chi connectivity index (χ4v) is 2.24. The Morgan fingerprint density at radius 2 is 1.84 bits per heavy atom. The van der Waals surface area contributed by atoms with Crippen LogP contribution in [0.25, 0.3) is 21.8 Å². The number of aromatic nitrogens is 1. The van der Waals surface area contributed by atoms with Gasteiger partial charge in [-0.15, -0.1) is 0 Å². The molecular weight excluding hydrogens is 242 g/mol. The van der Waals surface area contributed by atoms with Crippen molar-refractivity contribution in [1.82, 2.24) is 4.98 Å². The number of fused-ring (bicyclic) bond motifs is 2. The summed E-state index contributed by atoms with van der Waals surface area (Å²) in [5, 5.41) is 10.8. The van der Waals surface area contributed by atoms with Crippen LogP contribution < -0.4 is 5.43 Å². The van der Waals surface area contributed by atoms with Gasteiger partial charge in [0.2, 0.25) is 0 Å². The molecule has 4 heteroatoms. The smallest absolute Gasteiger partial charge is 0.197 e. The fourth-order valence-electron chi connectivity index (χ4n) is 2.24. The molecule has 0 fully saturated rings. The molecule has 19 heavy (non-hydrogen) atoms. The van der Waals surface area contributed by atoms with Gasteiger partial charge in [0.05, 0.1) is 11.1 Å². The minimum Gasteiger partial charge on any atom is -0.507 e. The van der Waals surface area contributed by atoms with E-state index in [2.05, 4.69) is 4.98 Å². The normalized spacial score (nSPS) is 11.0. The molecule has 1 heterocycles. The minimum atomic E-state index is -0.271. The summed E-state index contributed by atoms with van der Waals surface area (Å²) in [6, 6.07) is 10.0. The van der Waals surface area contributed by atoms with E-state index in [1.54, 1.807) is 18.2 Å². The van der Waals surface area contributed by atoms with Crippen LogP contribution in [0.1, 0.15) is 17.3 Å². The highest BCUT2D eigenvalue weighted by Crippen LogP contribution is 2.24. The van der Waals surface area contributed by atoms with Gasteiger partial charge in [0.25, 0.3) is 0 Å². The molecule has 0 radical (unpaired) electrons. The first-order chi connectivity index (χ1) is 9.08. The van der Waals surface area contributed by atoms with Gasteiger partial charge in [-0.2, -0.15) is 0 Å². The largest absolute Gasteiger partial charge is 0.507 e. The molecule has 0 saturated carbocycles. The number of hydrogen-bond donors (Lipinski definition) is 2. The summed E-state index contributed by atoms with van der Waals surface area (Å²) in [5.41, 5.74) is 1.24. The molecule has 1 aromatic heterocycles. The molecule has 0 spiro atoms. The molecule has 2 aromatic carbocycles. The number of phenols is 1. The van der Waals surface area contributed by atoms with Gasteiger partial charge in [-0.3, -0.25) is 9.59 Å². The maximum absolute atomic E-state index is 12.4. The number of pyridine rings is 1. The van der Waals surface area contributed by atoms with E-state index in [-0.39, 0.29) is 22.5 Å². The van der Waals surface area contributed by atoms with Gasteiger partial charge in [0, 0.05) is 22.4 Å². The molecule has 0 amide bonds. The SMILES string of the molecule is CC(=O)c1cc2c(=O)c3ccccc3[nH]c2cc1O. The Morgan fingerprint density at radius 3 is 2.58 bits per heavy atom. The van der Waals surface area contributed by atoms with Gasteiger partial charge in [0.15, 0.2) is 11.2 Å². The molecule has 2 N–H and O–H groups in total. The molecule has 4 nitrogen and oxygen atoms in total. The number of carbonyl (C=O) groups excluding carboxylic acids is 1. The van der Waals surface area contributed by atoms with E-state index in [1.165, 1.54) is 19.1 Å². The summed E-state index contributed by atoms with van der Waals surface area (Å²) >= 11 is 0. The molecule has 3 rings (SSSR count). The number of aromatic hydroxyl groups is 1. The second kappa shape index (κ2) is 3.95. The predicted octanol–water partition coefficient (Wildman–Crippen LogP) is 2.59. The van der Waals surface area contributed by atoms with Crippen molar-refractivity contribution in [2.75, 3.05) is 0 Å². The number of rotatable bonds is 1. The highest BCUT2D eigenvalue weighted by atomic mass is 16.3. The zero-order chi connectivity index (χ0) is 13.6. The number of carbonyl (C=O) groups is 1. The van der Waals surface area contributed by atoms with E-state index in [1.807, 2.05) is 6.07 Å². The summed E-state index contributed by atoms with van der Waals surface area (Å²) in [6.07, 6.45) is 0. The lowest BCUT2D eigenvalue weighted by Crippen LogP contribution is -2.05. The van der Waals surface area contributed by atoms with Crippen molar-refractivity contribution < 1.29 is 9.90 Å². The average molecular weight is 253 g/mol. The third-order valence-corrected chi connectivity index (χ3v) is 3.20. The zero-order valence-corrected chi connectivity index (χ0v) is 10.2. The van der Waals surface area contributed by atoms with Gasteiger partial charge in [-0.05, 0) is 25.1 Å². The second-order valence-corrected chi connectivity index (χ2v) is 4.47. The van der Waals surface area contributed by atoms with Crippen LogP contribution in [0.2, 0.25) is 0 Å². The van der Waals surface area contributed by atoms with Crippen LogP contribution in [0.4, 0.5) is 0 Å². The van der Waals surface area contributed by atoms with Gasteiger partial charge in [-0.25, -0.2) is 0 Å². The number of benzene rings is 2. The average Bonchev–Trinajstić information content (AvgIpc) is 2.38. The Hall–Kier alpha value is -2.62. The van der Waals surface area contributed by atoms with E-state index < -0.39 is 0 Å². The minimum absolute atomic E-state index is 0.120. The van der Waals surface area contributed by atoms with Crippen LogP contribution in [0, 0.1) is 0 Å². The Morgan fingerprint density at radius 1 is 1.11 bits per heavy atom. The number of aromatic amines is 1. The number of nitrogens with one attached hydrogen (secondary N) is 1. The Balaban J connectivity index is 2.52. The highest BCUT2D eigenvalue weighted by molar-refractivity contribution is 6.02. The number of para-hydroxylation sites is 1. The Bertz CT molecular complexity index is 878. The van der Waals surface area contributed by atoms with E-state index in [0.29, 0.717) is 21.8 Å². The quantitative estimate of drug-likeness (QED) is 0.517. The van der Waals surface area contributed by atoms with Gasteiger partial charge >= 0.3 is 0 Å². The summed E-state index contributed by atoms with van der Waals surface area (Å²) in [6.45, 7) is 1.36. The molecule has 94 valence electrons. The van der Waals surface area contributed by atoms with Crippen molar-refractivity contribution >= 4 is 27.6 Å². The molecule has 0 saturated heterocycles. The van der Waals surface area contributed by atoms with Crippen molar-refractivity contribution in [2.45, 2.75) is 6.92 Å². The second-order valence-electron chi connectivity index (χ2n) is 4.47. The summed E-state index contributed by atoms with van der Waals surface area (Å²) in [7, 11) is 0. The van der Waals surface area contributed by atoms with Crippen LogP contribution >= 0.6 is 0 Å². The number of Topliss-reactive ketones (excluding diaryl/α,β-unsaturated/α-hetero) is 1. The van der Waals surface area contributed by atoms with Crippen molar-refractivity contribution in [1.29, 1.82) is 0 Å². The van der Waals surface area contributed by atoms with Crippen molar-refractivity contribution in [3.63, 3.8) is 0 Å². The highest BCUT2D eigenvalue weighted by Gasteiger charge is 2.12. The van der Waals surface area contributed by atoms with E-state index >= 15 is 0 Å². The van der Waals surface area contributed by atoms with Gasteiger partial charge in [0.1, 0.15) is 5.75 Å². The van der Waals surface area contributed by atoms with E-state index in [9.17, 15) is 14.7 Å². The molecule has 0 aliphatic rings. The van der Waals surface area contributed by atoms with Gasteiger partial charge in [-0.1, -0.05) is 12.1 Å². The number of phenolic OH excluding ortho intramolecular Hbond substituents is 1. The van der Waals surface area contributed by atoms with Crippen molar-refractivity contribution in [3.05, 3.63) is 52.2 Å². The van der Waals surface area contributed by atoms with Crippen LogP contribution in [-0.4, -0.2) is 15.9 Å². The first kappa shape index (κ1) is 11.5. The Labute approximate surface area is 108 Å². The molecule has 0 bridgehead atoms. The molecule has 3 aromatic rings. The maximum Gasteiger partial charge on any atom is 0.197 e. The molecule has 0 aliphatic carbocycles. The predicted molar refractivity (Wildman–Crippen MR) is 73.7 cm³/mol. The van der Waals surface area contributed by atoms with E-state index in [4.69, 9.17) is 0 Å². The van der Waals surface area contributed by atoms with Crippen LogP contribution in [0.15, 0.2) is 41.2 Å². The molecule has 0 aliphatic heterocycles. The van der Waals surface area contributed by atoms with Crippen molar-refractivity contribution in [3.8, 4) is 5.75 Å². The van der Waals surface area contributed by atoms with Crippen LogP contribution in [0.3, 0.4) is 0 Å². The third kappa shape index (κ3) is 1.69. The van der Waals surface area contributed by atoms with Crippen molar-refractivity contribution in [2.24, 2.45) is 0 Å². The molecular formula is C15H11NO3. The fraction of sp³-hybridized carbons (Fsp3) is 0.0667. The summed E-state index contributed by atoms with van der Waals surface area (Å²) < 4.78 is 0.